The van der Waals surface area contributed by atoms with Gasteiger partial charge in [-0.15, -0.1) is 0 Å². The van der Waals surface area contributed by atoms with Crippen molar-refractivity contribution in [3.63, 3.8) is 0 Å². The van der Waals surface area contributed by atoms with Crippen LogP contribution in [0.1, 0.15) is 46.5 Å². The first-order valence-electron chi connectivity index (χ1n) is 5.42. The van der Waals surface area contributed by atoms with Gasteiger partial charge in [0.2, 0.25) is 0 Å². The van der Waals surface area contributed by atoms with Crippen molar-refractivity contribution in [1.82, 2.24) is 0 Å². The first-order valence-corrected chi connectivity index (χ1v) is 5.42. The monoisotopic (exact) mass is 188 g/mol. The highest BCUT2D eigenvalue weighted by Gasteiger charge is 2.05. The molecule has 0 aliphatic carbocycles. The Balaban J connectivity index is 3.12. The Morgan fingerprint density at radius 3 is 2.46 bits per heavy atom. The second kappa shape index (κ2) is 8.52. The van der Waals surface area contributed by atoms with Gasteiger partial charge in [0.1, 0.15) is 0 Å². The number of hydrogen-bond donors (Lipinski definition) is 1. The van der Waals surface area contributed by atoms with Crippen LogP contribution >= 0.6 is 0 Å². The Labute approximate surface area is 82.3 Å². The highest BCUT2D eigenvalue weighted by molar-refractivity contribution is 4.58. The number of aliphatic hydroxyl groups is 1. The second-order valence-electron chi connectivity index (χ2n) is 4.04. The third-order valence-corrected chi connectivity index (χ3v) is 1.92. The second-order valence-corrected chi connectivity index (χ2v) is 4.04. The molecule has 0 saturated carbocycles. The molecule has 80 valence electrons. The summed E-state index contributed by atoms with van der Waals surface area (Å²) in [6, 6.07) is 0. The van der Waals surface area contributed by atoms with Gasteiger partial charge in [0, 0.05) is 13.2 Å². The average molecular weight is 188 g/mol. The lowest BCUT2D eigenvalue weighted by Gasteiger charge is -2.12. The van der Waals surface area contributed by atoms with E-state index >= 15 is 0 Å². The van der Waals surface area contributed by atoms with Gasteiger partial charge in [0.05, 0.1) is 6.10 Å². The van der Waals surface area contributed by atoms with E-state index in [0.717, 1.165) is 38.9 Å². The van der Waals surface area contributed by atoms with Crippen molar-refractivity contribution < 1.29 is 9.84 Å². The number of hydrogen-bond acceptors (Lipinski definition) is 2. The molecule has 0 fully saturated rings. The summed E-state index contributed by atoms with van der Waals surface area (Å²) in [6.45, 7) is 8.02. The average Bonchev–Trinajstić information content (AvgIpc) is 2.02. The van der Waals surface area contributed by atoms with Gasteiger partial charge in [0.15, 0.2) is 0 Å². The van der Waals surface area contributed by atoms with E-state index in [1.807, 2.05) is 0 Å². The first-order chi connectivity index (χ1) is 6.16. The molecule has 0 heterocycles. The lowest BCUT2D eigenvalue weighted by Crippen LogP contribution is -2.11. The van der Waals surface area contributed by atoms with Gasteiger partial charge >= 0.3 is 0 Å². The Morgan fingerprint density at radius 1 is 1.23 bits per heavy atom. The molecule has 0 rings (SSSR count). The Bertz CT molecular complexity index is 102. The summed E-state index contributed by atoms with van der Waals surface area (Å²) < 4.78 is 5.33. The zero-order valence-corrected chi connectivity index (χ0v) is 9.25. The van der Waals surface area contributed by atoms with Gasteiger partial charge in [-0.25, -0.2) is 0 Å². The van der Waals surface area contributed by atoms with Gasteiger partial charge < -0.3 is 9.84 Å². The Kier molecular flexibility index (Phi) is 8.46. The molecule has 0 bridgehead atoms. The van der Waals surface area contributed by atoms with E-state index in [9.17, 15) is 5.11 Å². The van der Waals surface area contributed by atoms with Crippen LogP contribution < -0.4 is 0 Å². The molecule has 0 aromatic heterocycles. The van der Waals surface area contributed by atoms with Crippen molar-refractivity contribution in [2.75, 3.05) is 13.2 Å². The summed E-state index contributed by atoms with van der Waals surface area (Å²) in [7, 11) is 0. The highest BCUT2D eigenvalue weighted by atomic mass is 16.5. The van der Waals surface area contributed by atoms with Gasteiger partial charge in [-0.05, 0) is 31.6 Å². The summed E-state index contributed by atoms with van der Waals surface area (Å²) in [6.07, 6.45) is 3.71. The molecule has 0 spiro atoms. The molecule has 2 heteroatoms. The van der Waals surface area contributed by atoms with Crippen LogP contribution in [-0.2, 0) is 4.74 Å². The third kappa shape index (κ3) is 9.84. The summed E-state index contributed by atoms with van der Waals surface area (Å²) in [5, 5.41) is 9.52. The van der Waals surface area contributed by atoms with Crippen LogP contribution in [0, 0.1) is 5.92 Å². The van der Waals surface area contributed by atoms with Gasteiger partial charge in [-0.1, -0.05) is 20.8 Å². The molecular weight excluding hydrogens is 164 g/mol. The quantitative estimate of drug-likeness (QED) is 0.593. The summed E-state index contributed by atoms with van der Waals surface area (Å²) in [4.78, 5) is 0. The lowest BCUT2D eigenvalue weighted by molar-refractivity contribution is 0.0980. The number of rotatable bonds is 8. The molecule has 0 aromatic rings. The predicted molar refractivity (Wildman–Crippen MR) is 55.8 cm³/mol. The van der Waals surface area contributed by atoms with Gasteiger partial charge in [0.25, 0.3) is 0 Å². The largest absolute Gasteiger partial charge is 0.393 e. The van der Waals surface area contributed by atoms with E-state index in [1.54, 1.807) is 0 Å². The molecule has 1 atom stereocenters. The van der Waals surface area contributed by atoms with Crippen molar-refractivity contribution in [2.45, 2.75) is 52.6 Å². The normalized spacial score (nSPS) is 13.6. The molecule has 2 nitrogen and oxygen atoms in total. The maximum absolute atomic E-state index is 9.52. The van der Waals surface area contributed by atoms with Crippen molar-refractivity contribution in [1.29, 1.82) is 0 Å². The smallest absolute Gasteiger partial charge is 0.0543 e. The molecule has 0 aromatic carbocycles. The summed E-state index contributed by atoms with van der Waals surface area (Å²) >= 11 is 0. The van der Waals surface area contributed by atoms with Crippen molar-refractivity contribution in [2.24, 2.45) is 5.92 Å². The van der Waals surface area contributed by atoms with Crippen LogP contribution in [-0.4, -0.2) is 24.4 Å². The van der Waals surface area contributed by atoms with Crippen LogP contribution in [0.5, 0.6) is 0 Å². The number of ether oxygens (including phenoxy) is 1. The minimum absolute atomic E-state index is 0.134. The Hall–Kier alpha value is -0.0800. The highest BCUT2D eigenvalue weighted by Crippen LogP contribution is 2.09. The van der Waals surface area contributed by atoms with Crippen molar-refractivity contribution >= 4 is 0 Å². The fourth-order valence-electron chi connectivity index (χ4n) is 1.33. The molecule has 0 aliphatic rings. The molecule has 13 heavy (non-hydrogen) atoms. The fraction of sp³-hybridized carbons (Fsp3) is 1.00. The zero-order valence-electron chi connectivity index (χ0n) is 9.25. The maximum atomic E-state index is 9.52. The van der Waals surface area contributed by atoms with E-state index in [0.29, 0.717) is 5.92 Å². The third-order valence-electron chi connectivity index (χ3n) is 1.92. The lowest BCUT2D eigenvalue weighted by atomic mass is 10.0. The van der Waals surface area contributed by atoms with Crippen LogP contribution in [0.15, 0.2) is 0 Å². The topological polar surface area (TPSA) is 29.5 Å². The molecular formula is C11H24O2. The van der Waals surface area contributed by atoms with Crippen LogP contribution in [0.2, 0.25) is 0 Å². The molecule has 1 unspecified atom stereocenters. The number of aliphatic hydroxyl groups excluding tert-OH is 1. The molecule has 0 amide bonds. The molecule has 1 N–H and O–H groups in total. The van der Waals surface area contributed by atoms with E-state index < -0.39 is 0 Å². The Morgan fingerprint density at radius 2 is 1.92 bits per heavy atom. The van der Waals surface area contributed by atoms with E-state index in [-0.39, 0.29) is 6.10 Å². The predicted octanol–water partition coefficient (Wildman–Crippen LogP) is 2.60. The van der Waals surface area contributed by atoms with Crippen molar-refractivity contribution in [3.8, 4) is 0 Å². The maximum Gasteiger partial charge on any atom is 0.0543 e. The van der Waals surface area contributed by atoms with Gasteiger partial charge in [-0.3, -0.25) is 0 Å². The fourth-order valence-corrected chi connectivity index (χ4v) is 1.33. The van der Waals surface area contributed by atoms with E-state index in [4.69, 9.17) is 4.74 Å². The van der Waals surface area contributed by atoms with Crippen LogP contribution in [0.3, 0.4) is 0 Å². The standard InChI is InChI=1S/C11H24O2/c1-4-7-13-8-5-6-11(12)9-10(2)3/h10-12H,4-9H2,1-3H3. The molecule has 0 aliphatic heterocycles. The minimum Gasteiger partial charge on any atom is -0.393 e. The SMILES string of the molecule is CCCOCCCC(O)CC(C)C. The molecule has 0 radical (unpaired) electrons. The minimum atomic E-state index is -0.134. The van der Waals surface area contributed by atoms with E-state index in [1.165, 1.54) is 0 Å². The molecule has 0 saturated heterocycles. The summed E-state index contributed by atoms with van der Waals surface area (Å²) in [5.74, 6) is 0.589. The van der Waals surface area contributed by atoms with Crippen LogP contribution in [0.25, 0.3) is 0 Å². The van der Waals surface area contributed by atoms with Gasteiger partial charge in [-0.2, -0.15) is 0 Å². The van der Waals surface area contributed by atoms with Crippen molar-refractivity contribution in [3.05, 3.63) is 0 Å². The summed E-state index contributed by atoms with van der Waals surface area (Å²) in [5.41, 5.74) is 0. The first kappa shape index (κ1) is 12.9. The van der Waals surface area contributed by atoms with Crippen LogP contribution in [0.4, 0.5) is 0 Å². The zero-order chi connectivity index (χ0) is 10.1. The van der Waals surface area contributed by atoms with E-state index in [2.05, 4.69) is 20.8 Å².